The van der Waals surface area contributed by atoms with Gasteiger partial charge < -0.3 is 14.8 Å². The van der Waals surface area contributed by atoms with Crippen molar-refractivity contribution < 1.29 is 19.1 Å². The molecule has 0 saturated carbocycles. The number of benzene rings is 1. The Bertz CT molecular complexity index is 578. The van der Waals surface area contributed by atoms with E-state index in [9.17, 15) is 9.59 Å². The number of carbonyl (C=O) groups excluding carboxylic acids is 2. The zero-order valence-corrected chi connectivity index (χ0v) is 14.8. The largest absolute Gasteiger partial charge is 0.465 e. The highest BCUT2D eigenvalue weighted by Crippen LogP contribution is 2.25. The minimum absolute atomic E-state index is 0.131. The molecule has 1 amide bonds. The summed E-state index contributed by atoms with van der Waals surface area (Å²) in [6.07, 6.45) is 0.559. The lowest BCUT2D eigenvalue weighted by atomic mass is 10.0. The van der Waals surface area contributed by atoms with Gasteiger partial charge in [0.1, 0.15) is 5.60 Å². The molecule has 1 aromatic carbocycles. The molecule has 1 heterocycles. The molecule has 2 rings (SSSR count). The lowest BCUT2D eigenvalue weighted by Gasteiger charge is -2.32. The molecule has 6 nitrogen and oxygen atoms in total. The number of hydrogen-bond acceptors (Lipinski definition) is 5. The van der Waals surface area contributed by atoms with Crippen molar-refractivity contribution in [3.8, 4) is 0 Å². The number of carbonyl (C=O) groups is 2. The van der Waals surface area contributed by atoms with Crippen LogP contribution in [0.5, 0.6) is 0 Å². The van der Waals surface area contributed by atoms with Crippen molar-refractivity contribution in [1.29, 1.82) is 0 Å². The van der Waals surface area contributed by atoms with Gasteiger partial charge in [-0.2, -0.15) is 0 Å². The van der Waals surface area contributed by atoms with Crippen molar-refractivity contribution in [2.45, 2.75) is 38.8 Å². The maximum Gasteiger partial charge on any atom is 0.410 e. The quantitative estimate of drug-likeness (QED) is 0.842. The molecule has 1 unspecified atom stereocenters. The molecular formula is C18H26N2O4. The first kappa shape index (κ1) is 18.3. The maximum atomic E-state index is 12.6. The third-order valence-electron chi connectivity index (χ3n) is 3.81. The van der Waals surface area contributed by atoms with Crippen molar-refractivity contribution in [3.05, 3.63) is 35.4 Å². The summed E-state index contributed by atoms with van der Waals surface area (Å²) in [6.45, 7) is 7.72. The van der Waals surface area contributed by atoms with E-state index >= 15 is 0 Å². The minimum atomic E-state index is -0.532. The van der Waals surface area contributed by atoms with Crippen LogP contribution in [0.25, 0.3) is 0 Å². The molecule has 1 fully saturated rings. The van der Waals surface area contributed by atoms with Gasteiger partial charge in [-0.25, -0.2) is 9.59 Å². The predicted octanol–water partition coefficient (Wildman–Crippen LogP) is 2.74. The van der Waals surface area contributed by atoms with Gasteiger partial charge in [-0.05, 0) is 51.4 Å². The lowest BCUT2D eigenvalue weighted by Crippen LogP contribution is -2.41. The highest BCUT2D eigenvalue weighted by molar-refractivity contribution is 5.89. The Morgan fingerprint density at radius 1 is 1.21 bits per heavy atom. The fourth-order valence-electron chi connectivity index (χ4n) is 2.68. The second-order valence-electron chi connectivity index (χ2n) is 6.86. The van der Waals surface area contributed by atoms with E-state index in [4.69, 9.17) is 9.47 Å². The van der Waals surface area contributed by atoms with Gasteiger partial charge in [-0.1, -0.05) is 12.1 Å². The molecule has 132 valence electrons. The van der Waals surface area contributed by atoms with Crippen LogP contribution in [-0.4, -0.2) is 49.3 Å². The normalized spacial score (nSPS) is 18.7. The molecule has 1 saturated heterocycles. The maximum absolute atomic E-state index is 12.6. The standard InChI is InChI=1S/C18H26N2O4/c1-18(2,3)24-17(22)20-11-5-10-19-12-15(20)13-6-8-14(9-7-13)16(21)23-4/h6-9,15,19H,5,10-12H2,1-4H3. The van der Waals surface area contributed by atoms with Crippen molar-refractivity contribution in [3.63, 3.8) is 0 Å². The van der Waals surface area contributed by atoms with Crippen LogP contribution in [-0.2, 0) is 9.47 Å². The topological polar surface area (TPSA) is 67.9 Å². The van der Waals surface area contributed by atoms with E-state index in [1.807, 2.05) is 32.9 Å². The van der Waals surface area contributed by atoms with Crippen LogP contribution >= 0.6 is 0 Å². The summed E-state index contributed by atoms with van der Waals surface area (Å²) < 4.78 is 10.3. The summed E-state index contributed by atoms with van der Waals surface area (Å²) in [7, 11) is 1.36. The molecule has 24 heavy (non-hydrogen) atoms. The predicted molar refractivity (Wildman–Crippen MR) is 90.9 cm³/mol. The summed E-state index contributed by atoms with van der Waals surface area (Å²) in [5, 5.41) is 3.35. The van der Waals surface area contributed by atoms with Crippen LogP contribution in [0, 0.1) is 0 Å². The zero-order chi connectivity index (χ0) is 17.7. The fourth-order valence-corrected chi connectivity index (χ4v) is 2.68. The van der Waals surface area contributed by atoms with E-state index in [-0.39, 0.29) is 18.1 Å². The first-order valence-corrected chi connectivity index (χ1v) is 8.20. The van der Waals surface area contributed by atoms with Crippen LogP contribution in [0.1, 0.15) is 49.2 Å². The Morgan fingerprint density at radius 2 is 1.88 bits per heavy atom. The third kappa shape index (κ3) is 4.71. The number of esters is 1. The van der Waals surface area contributed by atoms with Gasteiger partial charge in [-0.15, -0.1) is 0 Å². The van der Waals surface area contributed by atoms with Crippen molar-refractivity contribution in [2.75, 3.05) is 26.7 Å². The summed E-state index contributed by atoms with van der Waals surface area (Å²) >= 11 is 0. The highest BCUT2D eigenvalue weighted by Gasteiger charge is 2.30. The summed E-state index contributed by atoms with van der Waals surface area (Å²) in [5.74, 6) is -0.371. The minimum Gasteiger partial charge on any atom is -0.465 e. The summed E-state index contributed by atoms with van der Waals surface area (Å²) in [5.41, 5.74) is 0.922. The molecule has 1 aliphatic heterocycles. The van der Waals surface area contributed by atoms with Crippen LogP contribution in [0.4, 0.5) is 4.79 Å². The molecule has 1 aromatic rings. The average molecular weight is 334 g/mol. The van der Waals surface area contributed by atoms with Crippen LogP contribution in [0.3, 0.4) is 0 Å². The monoisotopic (exact) mass is 334 g/mol. The SMILES string of the molecule is COC(=O)c1ccc(C2CNCCCN2C(=O)OC(C)(C)C)cc1. The first-order chi connectivity index (χ1) is 11.3. The number of methoxy groups -OCH3 is 1. The van der Waals surface area contributed by atoms with Gasteiger partial charge in [0.25, 0.3) is 0 Å². The molecule has 1 aliphatic rings. The Morgan fingerprint density at radius 3 is 2.46 bits per heavy atom. The third-order valence-corrected chi connectivity index (χ3v) is 3.81. The first-order valence-electron chi connectivity index (χ1n) is 8.20. The Balaban J connectivity index is 2.22. The lowest BCUT2D eigenvalue weighted by molar-refractivity contribution is 0.0174. The summed E-state index contributed by atoms with van der Waals surface area (Å²) in [6, 6.07) is 7.04. The molecular weight excluding hydrogens is 308 g/mol. The van der Waals surface area contributed by atoms with E-state index in [0.717, 1.165) is 18.5 Å². The number of nitrogens with zero attached hydrogens (tertiary/aromatic N) is 1. The number of amides is 1. The molecule has 6 heteroatoms. The van der Waals surface area contributed by atoms with E-state index in [2.05, 4.69) is 5.32 Å². The van der Waals surface area contributed by atoms with E-state index in [1.165, 1.54) is 7.11 Å². The molecule has 1 atom stereocenters. The smallest absolute Gasteiger partial charge is 0.410 e. The summed E-state index contributed by atoms with van der Waals surface area (Å²) in [4.78, 5) is 25.9. The van der Waals surface area contributed by atoms with Crippen LogP contribution in [0.15, 0.2) is 24.3 Å². The van der Waals surface area contributed by atoms with Crippen molar-refractivity contribution in [1.82, 2.24) is 10.2 Å². The second kappa shape index (κ2) is 7.66. The molecule has 0 aliphatic carbocycles. The van der Waals surface area contributed by atoms with Gasteiger partial charge >= 0.3 is 12.1 Å². The average Bonchev–Trinajstić information content (AvgIpc) is 2.78. The van der Waals surface area contributed by atoms with Gasteiger partial charge in [0, 0.05) is 13.1 Å². The highest BCUT2D eigenvalue weighted by atomic mass is 16.6. The zero-order valence-electron chi connectivity index (χ0n) is 14.8. The number of rotatable bonds is 2. The second-order valence-corrected chi connectivity index (χ2v) is 6.86. The number of hydrogen-bond donors (Lipinski definition) is 1. The molecule has 0 aromatic heterocycles. The Hall–Kier alpha value is -2.08. The van der Waals surface area contributed by atoms with E-state index in [1.54, 1.807) is 17.0 Å². The van der Waals surface area contributed by atoms with Crippen molar-refractivity contribution >= 4 is 12.1 Å². The molecule has 0 radical (unpaired) electrons. The molecule has 0 spiro atoms. The van der Waals surface area contributed by atoms with Gasteiger partial charge in [0.2, 0.25) is 0 Å². The van der Waals surface area contributed by atoms with E-state index < -0.39 is 5.60 Å². The number of nitrogens with one attached hydrogen (secondary N) is 1. The van der Waals surface area contributed by atoms with Gasteiger partial charge in [0.05, 0.1) is 18.7 Å². The van der Waals surface area contributed by atoms with Crippen LogP contribution < -0.4 is 5.32 Å². The van der Waals surface area contributed by atoms with Crippen LogP contribution in [0.2, 0.25) is 0 Å². The van der Waals surface area contributed by atoms with Crippen molar-refractivity contribution in [2.24, 2.45) is 0 Å². The molecule has 0 bridgehead atoms. The molecule has 1 N–H and O–H groups in total. The van der Waals surface area contributed by atoms with Gasteiger partial charge in [-0.3, -0.25) is 4.90 Å². The fraction of sp³-hybridized carbons (Fsp3) is 0.556. The van der Waals surface area contributed by atoms with Gasteiger partial charge in [0.15, 0.2) is 0 Å². The number of ether oxygens (including phenoxy) is 2. The Labute approximate surface area is 143 Å². The Kier molecular flexibility index (Phi) is 5.83. The van der Waals surface area contributed by atoms with E-state index in [0.29, 0.717) is 18.7 Å².